The summed E-state index contributed by atoms with van der Waals surface area (Å²) < 4.78 is 5.58. The molecule has 3 heteroatoms. The van der Waals surface area contributed by atoms with Crippen LogP contribution in [0.4, 0.5) is 0 Å². The molecule has 156 valence electrons. The normalized spacial score (nSPS) is 13.8. The van der Waals surface area contributed by atoms with Gasteiger partial charge in [-0.15, -0.1) is 0 Å². The van der Waals surface area contributed by atoms with Crippen molar-refractivity contribution in [3.8, 4) is 0 Å². The van der Waals surface area contributed by atoms with Crippen molar-refractivity contribution in [3.05, 3.63) is 0 Å². The molecule has 0 amide bonds. The van der Waals surface area contributed by atoms with Gasteiger partial charge in [0.25, 0.3) is 0 Å². The third kappa shape index (κ3) is 13.6. The van der Waals surface area contributed by atoms with Crippen LogP contribution in [0.15, 0.2) is 0 Å². The molecular weight excluding hydrogens is 322 g/mol. The summed E-state index contributed by atoms with van der Waals surface area (Å²) in [6.45, 7) is 14.9. The Morgan fingerprint density at radius 2 is 1.38 bits per heavy atom. The maximum atomic E-state index is 12.2. The van der Waals surface area contributed by atoms with E-state index in [1.807, 2.05) is 0 Å². The molecule has 26 heavy (non-hydrogen) atoms. The van der Waals surface area contributed by atoms with E-state index < -0.39 is 0 Å². The van der Waals surface area contributed by atoms with Crippen molar-refractivity contribution in [3.63, 3.8) is 0 Å². The van der Waals surface area contributed by atoms with Gasteiger partial charge >= 0.3 is 5.97 Å². The molecule has 0 bridgehead atoms. The van der Waals surface area contributed by atoms with Gasteiger partial charge in [-0.2, -0.15) is 0 Å². The molecule has 0 fully saturated rings. The Morgan fingerprint density at radius 3 is 1.92 bits per heavy atom. The van der Waals surface area contributed by atoms with E-state index in [1.54, 1.807) is 0 Å². The summed E-state index contributed by atoms with van der Waals surface area (Å²) >= 11 is 0. The fourth-order valence-corrected chi connectivity index (χ4v) is 3.39. The Bertz CT molecular complexity index is 319. The summed E-state index contributed by atoms with van der Waals surface area (Å²) in [7, 11) is 0. The molecule has 2 unspecified atom stereocenters. The van der Waals surface area contributed by atoms with Gasteiger partial charge in [-0.1, -0.05) is 79.6 Å². The zero-order chi connectivity index (χ0) is 19.6. The van der Waals surface area contributed by atoms with E-state index in [0.29, 0.717) is 18.9 Å². The van der Waals surface area contributed by atoms with Gasteiger partial charge < -0.3 is 9.64 Å². The lowest BCUT2D eigenvalue weighted by Gasteiger charge is -2.27. The molecule has 0 saturated carbocycles. The number of ether oxygens (including phenoxy) is 1. The van der Waals surface area contributed by atoms with Gasteiger partial charge in [0.1, 0.15) is 0 Å². The molecular formula is C23H47NO2. The zero-order valence-corrected chi connectivity index (χ0v) is 18.5. The van der Waals surface area contributed by atoms with Crippen LogP contribution in [0.2, 0.25) is 0 Å². The van der Waals surface area contributed by atoms with Crippen molar-refractivity contribution in [1.82, 2.24) is 4.90 Å². The second-order valence-corrected chi connectivity index (χ2v) is 7.92. The van der Waals surface area contributed by atoms with Crippen LogP contribution < -0.4 is 0 Å². The Labute approximate surface area is 164 Å². The summed E-state index contributed by atoms with van der Waals surface area (Å²) in [5.74, 6) is 1.29. The van der Waals surface area contributed by atoms with Crippen molar-refractivity contribution in [2.24, 2.45) is 11.8 Å². The highest BCUT2D eigenvalue weighted by Gasteiger charge is 2.15. The molecule has 0 aliphatic carbocycles. The Balaban J connectivity index is 4.28. The number of carbonyl (C=O) groups is 1. The zero-order valence-electron chi connectivity index (χ0n) is 18.5. The van der Waals surface area contributed by atoms with Gasteiger partial charge in [-0.05, 0) is 37.6 Å². The Kier molecular flexibility index (Phi) is 17.4. The molecule has 0 aromatic carbocycles. The topological polar surface area (TPSA) is 29.5 Å². The number of hydrogen-bond donors (Lipinski definition) is 0. The van der Waals surface area contributed by atoms with Crippen LogP contribution in [0.1, 0.15) is 105 Å². The quantitative estimate of drug-likeness (QED) is 0.260. The number of nitrogens with zero attached hydrogens (tertiary/aromatic N) is 1. The van der Waals surface area contributed by atoms with Crippen LogP contribution in [0.5, 0.6) is 0 Å². The van der Waals surface area contributed by atoms with Crippen LogP contribution in [0.25, 0.3) is 0 Å². The van der Waals surface area contributed by atoms with Gasteiger partial charge in [0.2, 0.25) is 0 Å². The highest BCUT2D eigenvalue weighted by Crippen LogP contribution is 2.16. The molecule has 0 aromatic heterocycles. The molecule has 0 aliphatic heterocycles. The Hall–Kier alpha value is -0.570. The fraction of sp³-hybridized carbons (Fsp3) is 0.957. The average Bonchev–Trinajstić information content (AvgIpc) is 2.66. The fourth-order valence-electron chi connectivity index (χ4n) is 3.39. The molecule has 3 nitrogen and oxygen atoms in total. The summed E-state index contributed by atoms with van der Waals surface area (Å²) in [6, 6.07) is 0. The number of esters is 1. The minimum atomic E-state index is -0.0111. The van der Waals surface area contributed by atoms with E-state index in [1.165, 1.54) is 57.8 Å². The van der Waals surface area contributed by atoms with Crippen molar-refractivity contribution >= 4 is 5.97 Å². The monoisotopic (exact) mass is 369 g/mol. The first kappa shape index (κ1) is 25.4. The minimum absolute atomic E-state index is 0.0111. The van der Waals surface area contributed by atoms with Gasteiger partial charge in [0, 0.05) is 13.1 Å². The molecule has 0 heterocycles. The molecule has 0 aromatic rings. The highest BCUT2D eigenvalue weighted by molar-refractivity contribution is 5.69. The first-order valence-electron chi connectivity index (χ1n) is 11.5. The van der Waals surface area contributed by atoms with Gasteiger partial charge in [0.15, 0.2) is 0 Å². The number of rotatable bonds is 18. The van der Waals surface area contributed by atoms with E-state index in [-0.39, 0.29) is 5.97 Å². The van der Waals surface area contributed by atoms with Gasteiger partial charge in [-0.3, -0.25) is 4.79 Å². The minimum Gasteiger partial charge on any atom is -0.465 e. The molecule has 0 aliphatic rings. The number of hydrogen-bond acceptors (Lipinski definition) is 3. The van der Waals surface area contributed by atoms with E-state index in [2.05, 4.69) is 39.5 Å². The largest absolute Gasteiger partial charge is 0.465 e. The SMILES string of the molecule is CCCCC(CC)COC(=O)CCN(CCCC)CC(CC)CCCC. The van der Waals surface area contributed by atoms with E-state index in [4.69, 9.17) is 4.74 Å². The van der Waals surface area contributed by atoms with Crippen molar-refractivity contribution in [1.29, 1.82) is 0 Å². The number of unbranched alkanes of at least 4 members (excludes halogenated alkanes) is 3. The van der Waals surface area contributed by atoms with Crippen LogP contribution in [-0.4, -0.2) is 37.1 Å². The van der Waals surface area contributed by atoms with Gasteiger partial charge in [-0.25, -0.2) is 0 Å². The van der Waals surface area contributed by atoms with Crippen molar-refractivity contribution in [2.45, 2.75) is 105 Å². The third-order valence-corrected chi connectivity index (χ3v) is 5.54. The molecule has 0 saturated heterocycles. The second-order valence-electron chi connectivity index (χ2n) is 7.92. The molecule has 0 N–H and O–H groups in total. The van der Waals surface area contributed by atoms with Gasteiger partial charge in [0.05, 0.1) is 13.0 Å². The molecule has 0 spiro atoms. The smallest absolute Gasteiger partial charge is 0.307 e. The second kappa shape index (κ2) is 17.8. The van der Waals surface area contributed by atoms with Crippen LogP contribution in [0.3, 0.4) is 0 Å². The van der Waals surface area contributed by atoms with E-state index in [0.717, 1.165) is 32.0 Å². The summed E-state index contributed by atoms with van der Waals surface area (Å²) in [4.78, 5) is 14.7. The summed E-state index contributed by atoms with van der Waals surface area (Å²) in [6.07, 6.45) is 12.8. The van der Waals surface area contributed by atoms with E-state index in [9.17, 15) is 4.79 Å². The summed E-state index contributed by atoms with van der Waals surface area (Å²) in [5.41, 5.74) is 0. The maximum absolute atomic E-state index is 12.2. The van der Waals surface area contributed by atoms with Crippen LogP contribution in [-0.2, 0) is 9.53 Å². The molecule has 0 rings (SSSR count). The highest BCUT2D eigenvalue weighted by atomic mass is 16.5. The van der Waals surface area contributed by atoms with E-state index >= 15 is 0 Å². The standard InChI is InChI=1S/C23H47NO2/c1-6-11-14-21(9-4)19-24(17-13-8-3)18-16-23(25)26-20-22(10-5)15-12-7-2/h21-22H,6-20H2,1-5H3. The lowest BCUT2D eigenvalue weighted by atomic mass is 9.98. The predicted molar refractivity (Wildman–Crippen MR) is 114 cm³/mol. The third-order valence-electron chi connectivity index (χ3n) is 5.54. The van der Waals surface area contributed by atoms with Crippen LogP contribution >= 0.6 is 0 Å². The molecule has 0 radical (unpaired) electrons. The molecule has 2 atom stereocenters. The first-order chi connectivity index (χ1) is 12.6. The lowest BCUT2D eigenvalue weighted by molar-refractivity contribution is -0.145. The lowest BCUT2D eigenvalue weighted by Crippen LogP contribution is -2.33. The summed E-state index contributed by atoms with van der Waals surface area (Å²) in [5, 5.41) is 0. The van der Waals surface area contributed by atoms with Crippen LogP contribution in [0, 0.1) is 11.8 Å². The van der Waals surface area contributed by atoms with Crippen molar-refractivity contribution in [2.75, 3.05) is 26.2 Å². The predicted octanol–water partition coefficient (Wildman–Crippen LogP) is 6.45. The van der Waals surface area contributed by atoms with Crippen molar-refractivity contribution < 1.29 is 9.53 Å². The first-order valence-corrected chi connectivity index (χ1v) is 11.5. The maximum Gasteiger partial charge on any atom is 0.307 e. The Morgan fingerprint density at radius 1 is 0.808 bits per heavy atom. The number of carbonyl (C=O) groups excluding carboxylic acids is 1. The average molecular weight is 370 g/mol.